The van der Waals surface area contributed by atoms with Crippen molar-refractivity contribution < 1.29 is 17.7 Å². The fraction of sp³-hybridized carbons (Fsp3) is 0.429. The molecule has 2 N–H and O–H groups in total. The van der Waals surface area contributed by atoms with Gasteiger partial charge in [0.25, 0.3) is 0 Å². The summed E-state index contributed by atoms with van der Waals surface area (Å²) < 4.78 is 43.1. The van der Waals surface area contributed by atoms with Crippen molar-refractivity contribution in [1.29, 1.82) is 0 Å². The SMILES string of the molecule is CCCCC(N)c1nc(-c2cccc(C(F)(F)F)c2)no1. The van der Waals surface area contributed by atoms with E-state index in [9.17, 15) is 13.2 Å². The summed E-state index contributed by atoms with van der Waals surface area (Å²) in [6.07, 6.45) is -1.80. The molecule has 0 aliphatic rings. The Kier molecular flexibility index (Phi) is 4.62. The van der Waals surface area contributed by atoms with Gasteiger partial charge in [0.2, 0.25) is 11.7 Å². The van der Waals surface area contributed by atoms with Crippen molar-refractivity contribution in [1.82, 2.24) is 10.1 Å². The molecule has 1 aromatic carbocycles. The number of hydrogen-bond acceptors (Lipinski definition) is 4. The van der Waals surface area contributed by atoms with Crippen molar-refractivity contribution in [3.8, 4) is 11.4 Å². The molecule has 114 valence electrons. The Morgan fingerprint density at radius 2 is 2.10 bits per heavy atom. The Balaban J connectivity index is 2.22. The lowest BCUT2D eigenvalue weighted by atomic mass is 10.1. The van der Waals surface area contributed by atoms with Crippen LogP contribution in [0.1, 0.15) is 43.7 Å². The van der Waals surface area contributed by atoms with E-state index < -0.39 is 17.8 Å². The normalized spacial score (nSPS) is 13.4. The Morgan fingerprint density at radius 3 is 2.76 bits per heavy atom. The van der Waals surface area contributed by atoms with Crippen molar-refractivity contribution in [2.45, 2.75) is 38.4 Å². The quantitative estimate of drug-likeness (QED) is 0.908. The van der Waals surface area contributed by atoms with Crippen molar-refractivity contribution in [2.24, 2.45) is 5.73 Å². The number of aromatic nitrogens is 2. The number of hydrogen-bond donors (Lipinski definition) is 1. The predicted octanol–water partition coefficient (Wildman–Crippen LogP) is 3.95. The van der Waals surface area contributed by atoms with Gasteiger partial charge < -0.3 is 10.3 Å². The van der Waals surface area contributed by atoms with Crippen LogP contribution in [0.3, 0.4) is 0 Å². The topological polar surface area (TPSA) is 64.9 Å². The molecule has 0 spiro atoms. The van der Waals surface area contributed by atoms with Gasteiger partial charge in [-0.15, -0.1) is 0 Å². The third-order valence-corrected chi connectivity index (χ3v) is 3.08. The zero-order valence-electron chi connectivity index (χ0n) is 11.5. The maximum absolute atomic E-state index is 12.7. The molecule has 2 rings (SSSR count). The molecule has 0 bridgehead atoms. The minimum Gasteiger partial charge on any atom is -0.337 e. The highest BCUT2D eigenvalue weighted by Crippen LogP contribution is 2.31. The third-order valence-electron chi connectivity index (χ3n) is 3.08. The van der Waals surface area contributed by atoms with Gasteiger partial charge in [0.05, 0.1) is 11.6 Å². The van der Waals surface area contributed by atoms with Crippen LogP contribution in [0, 0.1) is 0 Å². The third kappa shape index (κ3) is 3.81. The van der Waals surface area contributed by atoms with Crippen molar-refractivity contribution in [2.75, 3.05) is 0 Å². The predicted molar refractivity (Wildman–Crippen MR) is 71.2 cm³/mol. The highest BCUT2D eigenvalue weighted by Gasteiger charge is 2.30. The van der Waals surface area contributed by atoms with Crippen molar-refractivity contribution >= 4 is 0 Å². The van der Waals surface area contributed by atoms with Gasteiger partial charge in [-0.1, -0.05) is 37.1 Å². The Morgan fingerprint density at radius 1 is 1.33 bits per heavy atom. The minimum absolute atomic E-state index is 0.114. The molecule has 0 amide bonds. The molecular formula is C14H16F3N3O. The van der Waals surface area contributed by atoms with Crippen LogP contribution in [-0.4, -0.2) is 10.1 Å². The number of nitrogens with two attached hydrogens (primary N) is 1. The molecule has 0 aliphatic carbocycles. The first-order chi connectivity index (χ1) is 9.91. The van der Waals surface area contributed by atoms with Gasteiger partial charge in [0.1, 0.15) is 0 Å². The maximum Gasteiger partial charge on any atom is 0.416 e. The van der Waals surface area contributed by atoms with E-state index in [0.717, 1.165) is 25.0 Å². The zero-order chi connectivity index (χ0) is 15.5. The summed E-state index contributed by atoms with van der Waals surface area (Å²) in [5.41, 5.74) is 5.40. The van der Waals surface area contributed by atoms with Gasteiger partial charge in [-0.3, -0.25) is 0 Å². The number of benzene rings is 1. The summed E-state index contributed by atoms with van der Waals surface area (Å²) >= 11 is 0. The Labute approximate surface area is 120 Å². The van der Waals surface area contributed by atoms with Crippen LogP contribution in [0.4, 0.5) is 13.2 Å². The molecule has 0 radical (unpaired) electrons. The molecule has 0 fully saturated rings. The summed E-state index contributed by atoms with van der Waals surface area (Å²) in [6.45, 7) is 2.04. The van der Waals surface area contributed by atoms with Gasteiger partial charge in [-0.05, 0) is 18.6 Å². The largest absolute Gasteiger partial charge is 0.416 e. The molecular weight excluding hydrogens is 283 g/mol. The van der Waals surface area contributed by atoms with Gasteiger partial charge in [-0.2, -0.15) is 18.2 Å². The highest BCUT2D eigenvalue weighted by atomic mass is 19.4. The zero-order valence-corrected chi connectivity index (χ0v) is 11.5. The first-order valence-corrected chi connectivity index (χ1v) is 6.68. The van der Waals surface area contributed by atoms with E-state index >= 15 is 0 Å². The minimum atomic E-state index is -4.40. The van der Waals surface area contributed by atoms with Crippen molar-refractivity contribution in [3.63, 3.8) is 0 Å². The Bertz CT molecular complexity index is 595. The summed E-state index contributed by atoms with van der Waals surface area (Å²) in [4.78, 5) is 4.09. The van der Waals surface area contributed by atoms with Crippen LogP contribution < -0.4 is 5.73 Å². The molecule has 2 aromatic rings. The molecule has 21 heavy (non-hydrogen) atoms. The van der Waals surface area contributed by atoms with E-state index in [1.807, 2.05) is 6.92 Å². The highest BCUT2D eigenvalue weighted by molar-refractivity contribution is 5.55. The van der Waals surface area contributed by atoms with E-state index in [1.54, 1.807) is 0 Å². The summed E-state index contributed by atoms with van der Waals surface area (Å²) in [6, 6.07) is 4.41. The van der Waals surface area contributed by atoms with E-state index in [4.69, 9.17) is 10.3 Å². The van der Waals surface area contributed by atoms with E-state index in [0.29, 0.717) is 6.42 Å². The lowest BCUT2D eigenvalue weighted by Crippen LogP contribution is -2.10. The van der Waals surface area contributed by atoms with E-state index in [-0.39, 0.29) is 17.3 Å². The molecule has 0 saturated carbocycles. The average Bonchev–Trinajstić information content (AvgIpc) is 2.94. The first kappa shape index (κ1) is 15.5. The number of nitrogens with zero attached hydrogens (tertiary/aromatic N) is 2. The average molecular weight is 299 g/mol. The van der Waals surface area contributed by atoms with Crippen molar-refractivity contribution in [3.05, 3.63) is 35.7 Å². The summed E-state index contributed by atoms with van der Waals surface area (Å²) in [5, 5.41) is 3.71. The Hall–Kier alpha value is -1.89. The molecule has 1 unspecified atom stereocenters. The molecule has 0 aliphatic heterocycles. The van der Waals surface area contributed by atoms with Crippen LogP contribution in [0.5, 0.6) is 0 Å². The maximum atomic E-state index is 12.7. The van der Waals surface area contributed by atoms with E-state index in [2.05, 4.69) is 10.1 Å². The summed E-state index contributed by atoms with van der Waals surface area (Å²) in [5.74, 6) is 0.360. The monoisotopic (exact) mass is 299 g/mol. The molecule has 7 heteroatoms. The fourth-order valence-corrected chi connectivity index (χ4v) is 1.89. The van der Waals surface area contributed by atoms with Crippen LogP contribution >= 0.6 is 0 Å². The first-order valence-electron chi connectivity index (χ1n) is 6.68. The van der Waals surface area contributed by atoms with Gasteiger partial charge in [-0.25, -0.2) is 0 Å². The number of unbranched alkanes of at least 4 members (excludes halogenated alkanes) is 1. The van der Waals surface area contributed by atoms with Crippen LogP contribution in [0.2, 0.25) is 0 Å². The second-order valence-corrected chi connectivity index (χ2v) is 4.78. The molecule has 1 heterocycles. The summed E-state index contributed by atoms with van der Waals surface area (Å²) in [7, 11) is 0. The van der Waals surface area contributed by atoms with Gasteiger partial charge >= 0.3 is 6.18 Å². The van der Waals surface area contributed by atoms with E-state index in [1.165, 1.54) is 12.1 Å². The number of alkyl halides is 3. The number of halogens is 3. The van der Waals surface area contributed by atoms with Crippen LogP contribution in [0.25, 0.3) is 11.4 Å². The fourth-order valence-electron chi connectivity index (χ4n) is 1.89. The lowest BCUT2D eigenvalue weighted by molar-refractivity contribution is -0.137. The van der Waals surface area contributed by atoms with Crippen LogP contribution in [-0.2, 0) is 6.18 Å². The second-order valence-electron chi connectivity index (χ2n) is 4.78. The van der Waals surface area contributed by atoms with Crippen LogP contribution in [0.15, 0.2) is 28.8 Å². The second kappa shape index (κ2) is 6.26. The smallest absolute Gasteiger partial charge is 0.337 e. The molecule has 1 aromatic heterocycles. The molecule has 1 atom stereocenters. The standard InChI is InChI=1S/C14H16F3N3O/c1-2-3-7-11(18)13-19-12(20-21-13)9-5-4-6-10(8-9)14(15,16)17/h4-6,8,11H,2-3,7,18H2,1H3. The molecule has 4 nitrogen and oxygen atoms in total. The number of rotatable bonds is 5. The molecule has 0 saturated heterocycles. The van der Waals surface area contributed by atoms with Gasteiger partial charge in [0, 0.05) is 5.56 Å². The van der Waals surface area contributed by atoms with Gasteiger partial charge in [0.15, 0.2) is 0 Å². The lowest BCUT2D eigenvalue weighted by Gasteiger charge is -2.06.